The van der Waals surface area contributed by atoms with Crippen LogP contribution >= 0.6 is 23.2 Å². The van der Waals surface area contributed by atoms with Crippen LogP contribution in [0.4, 0.5) is 4.79 Å². The maximum atomic E-state index is 12.5. The Morgan fingerprint density at radius 1 is 1.16 bits per heavy atom. The van der Waals surface area contributed by atoms with Crippen LogP contribution in [0.1, 0.15) is 5.56 Å². The molecule has 10 heteroatoms. The number of ether oxygens (including phenoxy) is 1. The van der Waals surface area contributed by atoms with Gasteiger partial charge in [-0.3, -0.25) is 9.63 Å². The molecule has 0 fully saturated rings. The van der Waals surface area contributed by atoms with Crippen molar-refractivity contribution in [2.45, 2.75) is 18.6 Å². The van der Waals surface area contributed by atoms with E-state index >= 15 is 0 Å². The van der Waals surface area contributed by atoms with E-state index in [0.29, 0.717) is 20.9 Å². The third kappa shape index (κ3) is 5.68. The standard InChI is InChI=1S/C21H21Cl2N3O5/c1-26(30-2)20(28)19(27)17(8-12-6-4-3-5-7-12)25-21(29)31-18-10-13-9-14(22)15(23)11-16(13)24-18/h3-7,9-11,17,19,24,27H,8H2,1-2H3,(H,25,29)/t17-,19+/m0/s1. The first-order valence-electron chi connectivity index (χ1n) is 9.28. The number of nitrogens with one attached hydrogen (secondary N) is 2. The van der Waals surface area contributed by atoms with Gasteiger partial charge in [-0.25, -0.2) is 9.86 Å². The zero-order valence-corrected chi connectivity index (χ0v) is 18.3. The molecule has 2 amide bonds. The number of likely N-dealkylation sites (N-methyl/N-ethyl adjacent to an activating group) is 1. The van der Waals surface area contributed by atoms with Crippen molar-refractivity contribution in [1.82, 2.24) is 15.4 Å². The normalized spacial score (nSPS) is 12.9. The second-order valence-corrected chi connectivity index (χ2v) is 7.59. The van der Waals surface area contributed by atoms with E-state index in [2.05, 4.69) is 10.3 Å². The maximum Gasteiger partial charge on any atom is 0.414 e. The number of amides is 2. The van der Waals surface area contributed by atoms with Gasteiger partial charge in [0.15, 0.2) is 6.10 Å². The van der Waals surface area contributed by atoms with E-state index in [4.69, 9.17) is 32.8 Å². The molecule has 0 spiro atoms. The molecule has 1 aromatic heterocycles. The molecule has 0 saturated carbocycles. The molecule has 0 aliphatic heterocycles. The highest BCUT2D eigenvalue weighted by molar-refractivity contribution is 6.42. The average molecular weight is 466 g/mol. The number of carbonyl (C=O) groups excluding carboxylic acids is 2. The molecule has 164 valence electrons. The minimum absolute atomic E-state index is 0.152. The summed E-state index contributed by atoms with van der Waals surface area (Å²) in [6.07, 6.45) is -2.21. The predicted molar refractivity (Wildman–Crippen MR) is 117 cm³/mol. The molecule has 3 N–H and O–H groups in total. The highest BCUT2D eigenvalue weighted by Gasteiger charge is 2.31. The van der Waals surface area contributed by atoms with Gasteiger partial charge in [0.05, 0.1) is 23.2 Å². The molecule has 0 saturated heterocycles. The van der Waals surface area contributed by atoms with Crippen LogP contribution in [0.5, 0.6) is 5.88 Å². The lowest BCUT2D eigenvalue weighted by Gasteiger charge is -2.25. The van der Waals surface area contributed by atoms with E-state index in [0.717, 1.165) is 10.6 Å². The number of rotatable bonds is 7. The van der Waals surface area contributed by atoms with Crippen LogP contribution in [0, 0.1) is 0 Å². The second-order valence-electron chi connectivity index (χ2n) is 6.78. The minimum atomic E-state index is -1.56. The van der Waals surface area contributed by atoms with Crippen molar-refractivity contribution >= 4 is 46.1 Å². The van der Waals surface area contributed by atoms with Crippen molar-refractivity contribution in [2.75, 3.05) is 14.2 Å². The van der Waals surface area contributed by atoms with Crippen molar-refractivity contribution in [1.29, 1.82) is 0 Å². The Balaban J connectivity index is 1.76. The number of H-pyrrole nitrogens is 1. The smallest absolute Gasteiger partial charge is 0.393 e. The summed E-state index contributed by atoms with van der Waals surface area (Å²) in [7, 11) is 2.66. The third-order valence-corrected chi connectivity index (χ3v) is 5.38. The van der Waals surface area contributed by atoms with E-state index in [1.165, 1.54) is 14.2 Å². The number of halogens is 2. The summed E-state index contributed by atoms with van der Waals surface area (Å²) in [5.74, 6) is -0.558. The van der Waals surface area contributed by atoms with E-state index in [1.807, 2.05) is 30.3 Å². The van der Waals surface area contributed by atoms with Gasteiger partial charge in [-0.1, -0.05) is 53.5 Å². The van der Waals surface area contributed by atoms with Gasteiger partial charge in [-0.2, -0.15) is 0 Å². The lowest BCUT2D eigenvalue weighted by molar-refractivity contribution is -0.179. The first-order chi connectivity index (χ1) is 14.8. The first kappa shape index (κ1) is 22.9. The van der Waals surface area contributed by atoms with E-state index in [-0.39, 0.29) is 12.3 Å². The summed E-state index contributed by atoms with van der Waals surface area (Å²) in [5, 5.41) is 15.4. The minimum Gasteiger partial charge on any atom is -0.393 e. The van der Waals surface area contributed by atoms with Crippen molar-refractivity contribution in [2.24, 2.45) is 0 Å². The Morgan fingerprint density at radius 3 is 2.52 bits per heavy atom. The number of nitrogens with zero attached hydrogens (tertiary/aromatic N) is 1. The van der Waals surface area contributed by atoms with Gasteiger partial charge in [0.2, 0.25) is 5.88 Å². The number of aromatic nitrogens is 1. The number of carbonyl (C=O) groups is 2. The van der Waals surface area contributed by atoms with Crippen molar-refractivity contribution < 1.29 is 24.3 Å². The molecule has 2 atom stereocenters. The monoisotopic (exact) mass is 465 g/mol. The average Bonchev–Trinajstić information content (AvgIpc) is 3.13. The number of hydrogen-bond donors (Lipinski definition) is 3. The van der Waals surface area contributed by atoms with Crippen LogP contribution in [-0.4, -0.2) is 53.5 Å². The van der Waals surface area contributed by atoms with Crippen LogP contribution in [0.2, 0.25) is 10.0 Å². The Kier molecular flexibility index (Phi) is 7.40. The summed E-state index contributed by atoms with van der Waals surface area (Å²) in [5.41, 5.74) is 1.45. The fraction of sp³-hybridized carbons (Fsp3) is 0.238. The highest BCUT2D eigenvalue weighted by Crippen LogP contribution is 2.30. The molecule has 0 radical (unpaired) electrons. The number of benzene rings is 2. The van der Waals surface area contributed by atoms with Crippen LogP contribution in [0.15, 0.2) is 48.5 Å². The summed E-state index contributed by atoms with van der Waals surface area (Å²) in [6.45, 7) is 0. The van der Waals surface area contributed by atoms with E-state index < -0.39 is 24.1 Å². The van der Waals surface area contributed by atoms with Gasteiger partial charge in [0.25, 0.3) is 5.91 Å². The summed E-state index contributed by atoms with van der Waals surface area (Å²) < 4.78 is 5.30. The summed E-state index contributed by atoms with van der Waals surface area (Å²) >= 11 is 12.0. The molecule has 0 aliphatic carbocycles. The molecule has 8 nitrogen and oxygen atoms in total. The Bertz CT molecular complexity index is 1030. The quantitative estimate of drug-likeness (QED) is 0.462. The van der Waals surface area contributed by atoms with Gasteiger partial charge in [0, 0.05) is 24.0 Å². The van der Waals surface area contributed by atoms with Gasteiger partial charge in [-0.05, 0) is 24.1 Å². The number of hydroxylamine groups is 2. The van der Waals surface area contributed by atoms with Gasteiger partial charge in [-0.15, -0.1) is 0 Å². The predicted octanol–water partition coefficient (Wildman–Crippen LogP) is 3.56. The molecular formula is C21H21Cl2N3O5. The van der Waals surface area contributed by atoms with Crippen LogP contribution in [-0.2, 0) is 16.1 Å². The van der Waals surface area contributed by atoms with Gasteiger partial charge in [0.1, 0.15) is 0 Å². The molecule has 3 aromatic rings. The fourth-order valence-electron chi connectivity index (χ4n) is 2.99. The Morgan fingerprint density at radius 2 is 1.84 bits per heavy atom. The van der Waals surface area contributed by atoms with Gasteiger partial charge >= 0.3 is 6.09 Å². The van der Waals surface area contributed by atoms with Crippen LogP contribution in [0.25, 0.3) is 10.9 Å². The van der Waals surface area contributed by atoms with E-state index in [1.54, 1.807) is 18.2 Å². The molecule has 0 unspecified atom stereocenters. The first-order valence-corrected chi connectivity index (χ1v) is 10.0. The SMILES string of the molecule is CON(C)C(=O)[C@H](O)[C@H](Cc1ccccc1)NC(=O)Oc1cc2cc(Cl)c(Cl)cc2[nH]1. The topological polar surface area (TPSA) is 104 Å². The number of hydrogen-bond acceptors (Lipinski definition) is 5. The van der Waals surface area contributed by atoms with Crippen molar-refractivity contribution in [3.05, 3.63) is 64.1 Å². The fourth-order valence-corrected chi connectivity index (χ4v) is 3.33. The molecule has 1 heterocycles. The van der Waals surface area contributed by atoms with Crippen LogP contribution < -0.4 is 10.1 Å². The van der Waals surface area contributed by atoms with Crippen molar-refractivity contribution in [3.8, 4) is 5.88 Å². The summed E-state index contributed by atoms with van der Waals surface area (Å²) in [6, 6.07) is 13.0. The lowest BCUT2D eigenvalue weighted by atomic mass is 10.0. The maximum absolute atomic E-state index is 12.5. The lowest BCUT2D eigenvalue weighted by Crippen LogP contribution is -2.52. The number of fused-ring (bicyclic) bond motifs is 1. The number of aromatic amines is 1. The third-order valence-electron chi connectivity index (χ3n) is 4.66. The molecule has 31 heavy (non-hydrogen) atoms. The van der Waals surface area contributed by atoms with E-state index in [9.17, 15) is 14.7 Å². The number of aliphatic hydroxyl groups excluding tert-OH is 1. The van der Waals surface area contributed by atoms with Crippen LogP contribution in [0.3, 0.4) is 0 Å². The highest BCUT2D eigenvalue weighted by atomic mass is 35.5. The zero-order valence-electron chi connectivity index (χ0n) is 16.8. The molecule has 3 rings (SSSR count). The van der Waals surface area contributed by atoms with Crippen molar-refractivity contribution in [3.63, 3.8) is 0 Å². The van der Waals surface area contributed by atoms with Gasteiger partial charge < -0.3 is 20.1 Å². The Hall–Kier alpha value is -2.78. The summed E-state index contributed by atoms with van der Waals surface area (Å²) in [4.78, 5) is 32.6. The Labute approximate surface area is 188 Å². The molecule has 0 aliphatic rings. The molecular weight excluding hydrogens is 445 g/mol. The largest absolute Gasteiger partial charge is 0.414 e. The number of aliphatic hydroxyl groups is 1. The zero-order chi connectivity index (χ0) is 22.5. The second kappa shape index (κ2) is 10.0. The molecule has 0 bridgehead atoms. The molecule has 2 aromatic carbocycles.